The predicted octanol–water partition coefficient (Wildman–Crippen LogP) is 1.84. The number of rotatable bonds is 1. The molecule has 44 valence electrons. The zero-order valence-electron chi connectivity index (χ0n) is 4.96. The molecule has 1 N–H and O–H groups in total. The summed E-state index contributed by atoms with van der Waals surface area (Å²) in [6.07, 6.45) is 11.3. The zero-order valence-corrected chi connectivity index (χ0v) is 4.96. The molecule has 0 amide bonds. The highest BCUT2D eigenvalue weighted by Gasteiger charge is 1.85. The van der Waals surface area contributed by atoms with Gasteiger partial charge in [-0.1, -0.05) is 24.3 Å². The first-order chi connectivity index (χ1) is 4.43. The number of hydrogen-bond acceptors (Lipinski definition) is 1. The molecule has 0 fully saturated rings. The van der Waals surface area contributed by atoms with Crippen LogP contribution in [-0.2, 0) is 0 Å². The Labute approximate surface area is 54.2 Å². The summed E-state index contributed by atoms with van der Waals surface area (Å²) in [4.78, 5) is 0. The highest BCUT2D eigenvalue weighted by atomic mass is 14.3. The maximum Gasteiger partial charge on any atom is -0.000425 e. The molecule has 0 aromatic carbocycles. The van der Waals surface area contributed by atoms with Crippen LogP contribution in [0, 0.1) is 5.41 Å². The minimum Gasteiger partial charge on any atom is -0.259 e. The largest absolute Gasteiger partial charge is 0.259 e. The standard InChI is InChI=1S/C8H7N/c9-7-3-6-8-4-1-2-5-8/h1-6,9H. The zero-order chi connectivity index (χ0) is 6.53. The Morgan fingerprint density at radius 3 is 2.56 bits per heavy atom. The van der Waals surface area contributed by atoms with E-state index in [1.165, 1.54) is 0 Å². The van der Waals surface area contributed by atoms with Gasteiger partial charge >= 0.3 is 0 Å². The van der Waals surface area contributed by atoms with Crippen LogP contribution in [0.15, 0.2) is 42.0 Å². The van der Waals surface area contributed by atoms with Gasteiger partial charge in [0.25, 0.3) is 0 Å². The van der Waals surface area contributed by atoms with Gasteiger partial charge in [-0.05, 0) is 23.6 Å². The van der Waals surface area contributed by atoms with Gasteiger partial charge in [0.2, 0.25) is 0 Å². The van der Waals surface area contributed by atoms with E-state index >= 15 is 0 Å². The summed E-state index contributed by atoms with van der Waals surface area (Å²) in [5.41, 5.74) is 1.12. The van der Waals surface area contributed by atoms with E-state index in [1.54, 1.807) is 6.08 Å². The van der Waals surface area contributed by atoms with Crippen molar-refractivity contribution >= 4 is 5.87 Å². The molecule has 0 radical (unpaired) electrons. The molecule has 0 spiro atoms. The van der Waals surface area contributed by atoms with Crippen LogP contribution in [0.5, 0.6) is 0 Å². The van der Waals surface area contributed by atoms with E-state index in [0.717, 1.165) is 5.57 Å². The summed E-state index contributed by atoms with van der Waals surface area (Å²) in [5.74, 6) is 2.18. The van der Waals surface area contributed by atoms with Gasteiger partial charge in [-0.15, -0.1) is 0 Å². The van der Waals surface area contributed by atoms with Crippen LogP contribution in [-0.4, -0.2) is 5.87 Å². The van der Waals surface area contributed by atoms with Crippen LogP contribution < -0.4 is 0 Å². The molecule has 0 heterocycles. The average Bonchev–Trinajstić information content (AvgIpc) is 2.34. The summed E-state index contributed by atoms with van der Waals surface area (Å²) in [7, 11) is 0. The van der Waals surface area contributed by atoms with Crippen molar-refractivity contribution in [1.29, 1.82) is 5.41 Å². The van der Waals surface area contributed by atoms with Crippen molar-refractivity contribution in [3.63, 3.8) is 0 Å². The van der Waals surface area contributed by atoms with Crippen LogP contribution in [0.3, 0.4) is 0 Å². The molecule has 0 atom stereocenters. The van der Waals surface area contributed by atoms with Gasteiger partial charge in [0.15, 0.2) is 0 Å². The molecule has 0 saturated heterocycles. The van der Waals surface area contributed by atoms with Crippen molar-refractivity contribution in [3.8, 4) is 0 Å². The fourth-order valence-corrected chi connectivity index (χ4v) is 0.638. The molecule has 0 aliphatic heterocycles. The predicted molar refractivity (Wildman–Crippen MR) is 38.7 cm³/mol. The molecule has 0 bridgehead atoms. The quantitative estimate of drug-likeness (QED) is 0.507. The van der Waals surface area contributed by atoms with Gasteiger partial charge in [-0.2, -0.15) is 0 Å². The lowest BCUT2D eigenvalue weighted by molar-refractivity contribution is 1.59. The van der Waals surface area contributed by atoms with E-state index in [4.69, 9.17) is 5.41 Å². The van der Waals surface area contributed by atoms with E-state index in [2.05, 4.69) is 5.87 Å². The molecule has 0 saturated carbocycles. The number of allylic oxidation sites excluding steroid dienone is 7. The Morgan fingerprint density at radius 2 is 2.00 bits per heavy atom. The minimum absolute atomic E-state index is 1.12. The number of hydrogen-bond donors (Lipinski definition) is 1. The van der Waals surface area contributed by atoms with Gasteiger partial charge in [0, 0.05) is 0 Å². The second-order valence-corrected chi connectivity index (χ2v) is 1.70. The summed E-state index contributed by atoms with van der Waals surface area (Å²) in [5, 5.41) is 6.57. The Hall–Kier alpha value is -1.33. The molecule has 0 aromatic rings. The lowest BCUT2D eigenvalue weighted by Crippen LogP contribution is -1.61. The molecule has 1 nitrogen and oxygen atoms in total. The molecule has 1 heteroatoms. The first kappa shape index (κ1) is 5.80. The fourth-order valence-electron chi connectivity index (χ4n) is 0.638. The maximum atomic E-state index is 6.57. The van der Waals surface area contributed by atoms with E-state index in [1.807, 2.05) is 30.4 Å². The third kappa shape index (κ3) is 1.56. The fraction of sp³-hybridized carbons (Fsp3) is 0. The van der Waals surface area contributed by atoms with Gasteiger partial charge in [0.1, 0.15) is 0 Å². The van der Waals surface area contributed by atoms with Crippen molar-refractivity contribution in [3.05, 3.63) is 42.0 Å². The average molecular weight is 117 g/mol. The lowest BCUT2D eigenvalue weighted by atomic mass is 10.3. The van der Waals surface area contributed by atoms with Crippen molar-refractivity contribution in [2.45, 2.75) is 0 Å². The van der Waals surface area contributed by atoms with Gasteiger partial charge in [0.05, 0.1) is 0 Å². The smallest absolute Gasteiger partial charge is 0.000425 e. The number of nitrogens with one attached hydrogen (secondary N) is 1. The summed E-state index contributed by atoms with van der Waals surface area (Å²) in [6.45, 7) is 0. The molecule has 1 aliphatic rings. The molecule has 1 aliphatic carbocycles. The van der Waals surface area contributed by atoms with Crippen LogP contribution in [0.1, 0.15) is 0 Å². The Kier molecular flexibility index (Phi) is 1.84. The van der Waals surface area contributed by atoms with Gasteiger partial charge in [-0.25, -0.2) is 0 Å². The van der Waals surface area contributed by atoms with E-state index in [-0.39, 0.29) is 0 Å². The molecule has 1 rings (SSSR count). The molecular formula is C8H7N. The Balaban J connectivity index is 2.72. The topological polar surface area (TPSA) is 23.9 Å². The first-order valence-electron chi connectivity index (χ1n) is 2.74. The normalized spacial score (nSPS) is 13.6. The SMILES string of the molecule is N=C=CC=C1C=CC=C1. The minimum atomic E-state index is 1.12. The monoisotopic (exact) mass is 117 g/mol. The van der Waals surface area contributed by atoms with Gasteiger partial charge < -0.3 is 0 Å². The van der Waals surface area contributed by atoms with Crippen molar-refractivity contribution in [1.82, 2.24) is 0 Å². The first-order valence-corrected chi connectivity index (χ1v) is 2.74. The van der Waals surface area contributed by atoms with E-state index < -0.39 is 0 Å². The van der Waals surface area contributed by atoms with Crippen LogP contribution in [0.2, 0.25) is 0 Å². The molecule has 0 unspecified atom stereocenters. The third-order valence-electron chi connectivity index (χ3n) is 1.05. The molecule has 9 heavy (non-hydrogen) atoms. The van der Waals surface area contributed by atoms with E-state index in [9.17, 15) is 0 Å². The summed E-state index contributed by atoms with van der Waals surface area (Å²) < 4.78 is 0. The van der Waals surface area contributed by atoms with Gasteiger partial charge in [-0.3, -0.25) is 5.41 Å². The molecule has 0 aromatic heterocycles. The molecular weight excluding hydrogens is 110 g/mol. The second-order valence-electron chi connectivity index (χ2n) is 1.70. The van der Waals surface area contributed by atoms with Crippen molar-refractivity contribution in [2.24, 2.45) is 0 Å². The van der Waals surface area contributed by atoms with Crippen molar-refractivity contribution in [2.75, 3.05) is 0 Å². The van der Waals surface area contributed by atoms with Crippen LogP contribution >= 0.6 is 0 Å². The maximum absolute atomic E-state index is 6.57. The summed E-state index contributed by atoms with van der Waals surface area (Å²) >= 11 is 0. The highest BCUT2D eigenvalue weighted by molar-refractivity contribution is 5.54. The Morgan fingerprint density at radius 1 is 1.33 bits per heavy atom. The van der Waals surface area contributed by atoms with Crippen LogP contribution in [0.25, 0.3) is 0 Å². The summed E-state index contributed by atoms with van der Waals surface area (Å²) in [6, 6.07) is 0. The highest BCUT2D eigenvalue weighted by Crippen LogP contribution is 2.05. The van der Waals surface area contributed by atoms with E-state index in [0.29, 0.717) is 0 Å². The van der Waals surface area contributed by atoms with Crippen molar-refractivity contribution < 1.29 is 0 Å². The Bertz CT molecular complexity index is 211. The lowest BCUT2D eigenvalue weighted by Gasteiger charge is -1.79. The second kappa shape index (κ2) is 2.85. The third-order valence-corrected chi connectivity index (χ3v) is 1.05. The van der Waals surface area contributed by atoms with Crippen LogP contribution in [0.4, 0.5) is 0 Å².